The summed E-state index contributed by atoms with van der Waals surface area (Å²) >= 11 is 11.7. The normalized spacial score (nSPS) is 9.61. The number of halogens is 2. The van der Waals surface area contributed by atoms with Gasteiger partial charge in [-0.25, -0.2) is 0 Å². The summed E-state index contributed by atoms with van der Waals surface area (Å²) in [5.74, 6) is -0.189. The molecule has 0 aliphatic heterocycles. The second-order valence-electron chi connectivity index (χ2n) is 3.12. The van der Waals surface area contributed by atoms with Crippen molar-refractivity contribution >= 4 is 39.9 Å². The van der Waals surface area contributed by atoms with E-state index in [1.807, 2.05) is 13.8 Å². The predicted octanol–water partition coefficient (Wildman–Crippen LogP) is 3.32. The van der Waals surface area contributed by atoms with Gasteiger partial charge in [0.1, 0.15) is 0 Å². The van der Waals surface area contributed by atoms with Gasteiger partial charge in [-0.15, -0.1) is 10.2 Å². The van der Waals surface area contributed by atoms with Crippen LogP contribution >= 0.6 is 23.2 Å². The number of rotatable bonds is 1. The minimum atomic E-state index is -0.189. The van der Waals surface area contributed by atoms with Crippen molar-refractivity contribution in [2.24, 2.45) is 0 Å². The van der Waals surface area contributed by atoms with E-state index in [-0.39, 0.29) is 16.2 Å². The zero-order valence-electron chi connectivity index (χ0n) is 10.3. The van der Waals surface area contributed by atoms with Gasteiger partial charge in [0.15, 0.2) is 10.3 Å². The summed E-state index contributed by atoms with van der Waals surface area (Å²) in [5.41, 5.74) is 0.501. The summed E-state index contributed by atoms with van der Waals surface area (Å²) in [6.07, 6.45) is 0. The van der Waals surface area contributed by atoms with E-state index in [4.69, 9.17) is 23.2 Å². The van der Waals surface area contributed by atoms with E-state index in [2.05, 4.69) is 15.5 Å². The molecule has 96 valence electrons. The Labute approximate surface area is 115 Å². The summed E-state index contributed by atoms with van der Waals surface area (Å²) in [5, 5.41) is 11.7. The number of hydrogen-bond acceptors (Lipinski definition) is 3. The standard InChI is InChI=1S/C10H7Cl2N3O.C2H6/c1-13-10(16)5-2-3-6-7(4-5)9(12)15-14-8(6)11;1-2/h2-4H,1H3,(H,13,16);1-2H3. The minimum absolute atomic E-state index is 0.189. The molecule has 1 aromatic carbocycles. The third-order valence-corrected chi connectivity index (χ3v) is 2.74. The number of carbonyl (C=O) groups is 1. The second kappa shape index (κ2) is 6.52. The van der Waals surface area contributed by atoms with E-state index in [1.54, 1.807) is 25.2 Å². The maximum Gasteiger partial charge on any atom is 0.251 e. The molecule has 18 heavy (non-hydrogen) atoms. The van der Waals surface area contributed by atoms with Crippen molar-refractivity contribution in [3.8, 4) is 0 Å². The molecule has 1 N–H and O–H groups in total. The van der Waals surface area contributed by atoms with E-state index >= 15 is 0 Å². The molecule has 6 heteroatoms. The van der Waals surface area contributed by atoms with Gasteiger partial charge in [-0.1, -0.05) is 43.1 Å². The molecule has 0 fully saturated rings. The fourth-order valence-electron chi connectivity index (χ4n) is 1.38. The van der Waals surface area contributed by atoms with E-state index < -0.39 is 0 Å². The summed E-state index contributed by atoms with van der Waals surface area (Å²) in [6, 6.07) is 4.99. The van der Waals surface area contributed by atoms with Crippen molar-refractivity contribution in [2.75, 3.05) is 7.05 Å². The largest absolute Gasteiger partial charge is 0.355 e. The SMILES string of the molecule is CC.CNC(=O)c1ccc2c(Cl)nnc(Cl)c2c1. The molecule has 0 radical (unpaired) electrons. The topological polar surface area (TPSA) is 54.9 Å². The fourth-order valence-corrected chi connectivity index (χ4v) is 1.77. The van der Waals surface area contributed by atoms with Crippen LogP contribution in [0.2, 0.25) is 10.3 Å². The van der Waals surface area contributed by atoms with E-state index in [9.17, 15) is 4.79 Å². The molecular formula is C12H13Cl2N3O. The number of benzene rings is 1. The molecule has 1 heterocycles. The molecule has 0 saturated heterocycles. The highest BCUT2D eigenvalue weighted by Crippen LogP contribution is 2.26. The maximum absolute atomic E-state index is 11.4. The van der Waals surface area contributed by atoms with Crippen LogP contribution in [0.3, 0.4) is 0 Å². The molecule has 0 atom stereocenters. The van der Waals surface area contributed by atoms with Gasteiger partial charge < -0.3 is 5.32 Å². The highest BCUT2D eigenvalue weighted by atomic mass is 35.5. The first-order chi connectivity index (χ1) is 8.63. The molecule has 2 aromatic rings. The summed E-state index contributed by atoms with van der Waals surface area (Å²) in [4.78, 5) is 11.4. The Morgan fingerprint density at radius 3 is 2.22 bits per heavy atom. The molecule has 4 nitrogen and oxygen atoms in total. The Bertz CT molecular complexity index is 572. The predicted molar refractivity (Wildman–Crippen MR) is 74.3 cm³/mol. The highest BCUT2D eigenvalue weighted by molar-refractivity contribution is 6.38. The lowest BCUT2D eigenvalue weighted by molar-refractivity contribution is 0.0963. The monoisotopic (exact) mass is 285 g/mol. The van der Waals surface area contributed by atoms with Gasteiger partial charge in [0.05, 0.1) is 0 Å². The average Bonchev–Trinajstić information content (AvgIpc) is 2.44. The molecule has 2 rings (SSSR count). The van der Waals surface area contributed by atoms with Crippen LogP contribution < -0.4 is 5.32 Å². The van der Waals surface area contributed by atoms with Gasteiger partial charge in [-0.3, -0.25) is 4.79 Å². The van der Waals surface area contributed by atoms with Crippen molar-refractivity contribution in [3.05, 3.63) is 34.1 Å². The lowest BCUT2D eigenvalue weighted by Crippen LogP contribution is -2.17. The number of amides is 1. The van der Waals surface area contributed by atoms with Gasteiger partial charge in [-0.05, 0) is 12.1 Å². The molecular weight excluding hydrogens is 273 g/mol. The number of carbonyl (C=O) groups excluding carboxylic acids is 1. The summed E-state index contributed by atoms with van der Waals surface area (Å²) < 4.78 is 0. The Balaban J connectivity index is 0.000000771. The van der Waals surface area contributed by atoms with E-state index in [0.717, 1.165) is 0 Å². The number of hydrogen-bond donors (Lipinski definition) is 1. The van der Waals surface area contributed by atoms with Crippen molar-refractivity contribution < 1.29 is 4.79 Å². The minimum Gasteiger partial charge on any atom is -0.355 e. The zero-order chi connectivity index (χ0) is 13.7. The van der Waals surface area contributed by atoms with Gasteiger partial charge >= 0.3 is 0 Å². The Kier molecular flexibility index (Phi) is 5.31. The molecule has 0 unspecified atom stereocenters. The zero-order valence-corrected chi connectivity index (χ0v) is 11.8. The lowest BCUT2D eigenvalue weighted by Gasteiger charge is -2.04. The maximum atomic E-state index is 11.4. The van der Waals surface area contributed by atoms with Crippen LogP contribution in [0.4, 0.5) is 0 Å². The number of aromatic nitrogens is 2. The third kappa shape index (κ3) is 2.89. The molecule has 1 amide bonds. The lowest BCUT2D eigenvalue weighted by atomic mass is 10.1. The average molecular weight is 286 g/mol. The van der Waals surface area contributed by atoms with Crippen LogP contribution in [0.1, 0.15) is 24.2 Å². The van der Waals surface area contributed by atoms with Crippen LogP contribution in [-0.4, -0.2) is 23.2 Å². The van der Waals surface area contributed by atoms with Crippen LogP contribution in [0, 0.1) is 0 Å². The highest BCUT2D eigenvalue weighted by Gasteiger charge is 2.09. The summed E-state index contributed by atoms with van der Waals surface area (Å²) in [6.45, 7) is 4.00. The number of nitrogens with one attached hydrogen (secondary N) is 1. The quantitative estimate of drug-likeness (QED) is 0.874. The molecule has 0 aliphatic rings. The molecule has 0 bridgehead atoms. The van der Waals surface area contributed by atoms with E-state index in [0.29, 0.717) is 16.3 Å². The first-order valence-corrected chi connectivity index (χ1v) is 6.22. The van der Waals surface area contributed by atoms with Crippen LogP contribution in [0.15, 0.2) is 18.2 Å². The van der Waals surface area contributed by atoms with Crippen molar-refractivity contribution in [3.63, 3.8) is 0 Å². The van der Waals surface area contributed by atoms with E-state index in [1.165, 1.54) is 0 Å². The van der Waals surface area contributed by atoms with Crippen LogP contribution in [-0.2, 0) is 0 Å². The third-order valence-electron chi connectivity index (χ3n) is 2.18. The molecule has 1 aromatic heterocycles. The van der Waals surface area contributed by atoms with Gasteiger partial charge in [-0.2, -0.15) is 0 Å². The molecule has 0 aliphatic carbocycles. The van der Waals surface area contributed by atoms with Gasteiger partial charge in [0.2, 0.25) is 0 Å². The van der Waals surface area contributed by atoms with Crippen molar-refractivity contribution in [1.82, 2.24) is 15.5 Å². The number of fused-ring (bicyclic) bond motifs is 1. The molecule has 0 spiro atoms. The summed E-state index contributed by atoms with van der Waals surface area (Å²) in [7, 11) is 1.56. The van der Waals surface area contributed by atoms with Crippen molar-refractivity contribution in [2.45, 2.75) is 13.8 Å². The van der Waals surface area contributed by atoms with Crippen molar-refractivity contribution in [1.29, 1.82) is 0 Å². The Hall–Kier alpha value is -1.39. The molecule has 0 saturated carbocycles. The fraction of sp³-hybridized carbons (Fsp3) is 0.250. The number of nitrogens with zero attached hydrogens (tertiary/aromatic N) is 2. The first-order valence-electron chi connectivity index (χ1n) is 5.47. The van der Waals surface area contributed by atoms with Crippen LogP contribution in [0.25, 0.3) is 10.8 Å². The first kappa shape index (κ1) is 14.7. The van der Waals surface area contributed by atoms with Gasteiger partial charge in [0.25, 0.3) is 5.91 Å². The van der Waals surface area contributed by atoms with Gasteiger partial charge in [0, 0.05) is 23.4 Å². The Morgan fingerprint density at radius 1 is 1.11 bits per heavy atom. The van der Waals surface area contributed by atoms with Crippen LogP contribution in [0.5, 0.6) is 0 Å². The Morgan fingerprint density at radius 2 is 1.67 bits per heavy atom. The second-order valence-corrected chi connectivity index (χ2v) is 3.84. The smallest absolute Gasteiger partial charge is 0.251 e.